The first-order chi connectivity index (χ1) is 28.0. The third kappa shape index (κ3) is 11.7. The Morgan fingerprint density at radius 1 is 0.689 bits per heavy atom. The number of nitrogens with two attached hydrogens (primary N) is 2. The number of primary amides is 2. The number of halogens is 2. The van der Waals surface area contributed by atoms with Crippen molar-refractivity contribution < 1.29 is 87.6 Å². The molecule has 5 heterocycles. The summed E-state index contributed by atoms with van der Waals surface area (Å²) in [7, 11) is 1.75. The maximum atomic E-state index is 11.5. The van der Waals surface area contributed by atoms with Crippen LogP contribution in [0.25, 0.3) is 0 Å². The number of benzene rings is 2. The van der Waals surface area contributed by atoms with Gasteiger partial charge in [0.1, 0.15) is 35.5 Å². The number of fused-ring (bicyclic) bond motifs is 1. The molecule has 2 aromatic heterocycles. The molecule has 3 saturated heterocycles. The number of aliphatic hydroxyl groups excluding tert-OH is 4. The number of carbonyl (C=O) groups is 2. The van der Waals surface area contributed by atoms with Crippen LogP contribution in [0.1, 0.15) is 97.0 Å². The van der Waals surface area contributed by atoms with Crippen LogP contribution >= 0.6 is 0 Å². The van der Waals surface area contributed by atoms with Crippen molar-refractivity contribution in [3.63, 3.8) is 0 Å². The van der Waals surface area contributed by atoms with Crippen molar-refractivity contribution >= 4 is 11.8 Å². The van der Waals surface area contributed by atoms with E-state index in [0.29, 0.717) is 5.56 Å². The molecular weight excluding hydrogens is 831 g/mol. The van der Waals surface area contributed by atoms with Crippen LogP contribution in [0.2, 0.25) is 0 Å². The highest BCUT2D eigenvalue weighted by Gasteiger charge is 2.57. The molecule has 2 aromatic carbocycles. The van der Waals surface area contributed by atoms with Crippen molar-refractivity contribution in [2.45, 2.75) is 110 Å². The second-order valence-corrected chi connectivity index (χ2v) is 15.3. The molecule has 2 unspecified atom stereocenters. The Morgan fingerprint density at radius 2 is 1.13 bits per heavy atom. The summed E-state index contributed by atoms with van der Waals surface area (Å²) in [5, 5.41) is 38.2. The smallest absolute Gasteiger partial charge is 0.292 e. The average molecular weight is 890 g/mol. The van der Waals surface area contributed by atoms with Crippen LogP contribution in [0.4, 0.5) is 0 Å². The number of pyridine rings is 2. The van der Waals surface area contributed by atoms with Crippen molar-refractivity contribution in [1.29, 1.82) is 0 Å². The predicted molar refractivity (Wildman–Crippen MR) is 214 cm³/mol. The summed E-state index contributed by atoms with van der Waals surface area (Å²) in [5.74, 6) is -1.12. The molecule has 2 amide bonds. The van der Waals surface area contributed by atoms with Gasteiger partial charge in [-0.25, -0.2) is 0 Å². The van der Waals surface area contributed by atoms with E-state index < -0.39 is 73.8 Å². The van der Waals surface area contributed by atoms with Crippen LogP contribution in [-0.2, 0) is 23.7 Å². The van der Waals surface area contributed by atoms with Gasteiger partial charge < -0.3 is 80.4 Å². The molecule has 10 atom stereocenters. The maximum absolute atomic E-state index is 11.5. The standard InChI is InChI=1S/C21H24N2O5.C12H18O.C11H14N2O5.2ClH/c1-11-7-12(2)16(13(3)8-11)21-27-17-15(10-24)26-20(18(17)28-21)23-6-4-5-14(9-23)19(22)25;1-8-6-9(2)12(10(3)7-8)11(4)13-5;12-10(17)6-2-1-3-13(4-6)11-9(16)8(15)7(5-14)18-11;;/h4-9,15,17-18,20-21,24H,10H2,1-3H3,(H-,22,25);6-7,11H,1-5H3;1-4,7-9,11,14-16H,5H2,(H-,12,17);2*1H/t15-,17-,18-,20-,21?;;7-,8-,9-,11-;;/m1.1../s1. The molecule has 0 radical (unpaired) electrons. The molecule has 17 heteroatoms. The van der Waals surface area contributed by atoms with E-state index in [-0.39, 0.29) is 43.1 Å². The SMILES string of the molecule is COC(C)c1c(C)cc(C)cc1C.Cc1cc(C)c(C2O[C@@H]3[C@H](O2)[C@@H](CO)O[C@H]3[n+]2cccc(C(N)=O)c2)c(C)c1.NC(=O)c1ccc[n+]([C@@H]2O[C@H](CO)[C@@H](O)[C@H]2O)c1.[Cl-].[Cl-]. The van der Waals surface area contributed by atoms with E-state index in [0.717, 1.165) is 16.7 Å². The number of amides is 2. The predicted octanol–water partition coefficient (Wildman–Crippen LogP) is -3.62. The highest BCUT2D eigenvalue weighted by Crippen LogP contribution is 2.44. The van der Waals surface area contributed by atoms with E-state index >= 15 is 0 Å². The molecule has 0 aliphatic carbocycles. The van der Waals surface area contributed by atoms with E-state index in [1.807, 2.05) is 13.8 Å². The number of methoxy groups -OCH3 is 1. The lowest BCUT2D eigenvalue weighted by atomic mass is 9.96. The van der Waals surface area contributed by atoms with Crippen molar-refractivity contribution in [1.82, 2.24) is 0 Å². The van der Waals surface area contributed by atoms with E-state index in [1.165, 1.54) is 44.6 Å². The molecule has 0 saturated carbocycles. The van der Waals surface area contributed by atoms with Gasteiger partial charge in [0, 0.05) is 24.8 Å². The second kappa shape index (κ2) is 22.3. The van der Waals surface area contributed by atoms with Gasteiger partial charge in [0.15, 0.2) is 43.3 Å². The fourth-order valence-electron chi connectivity index (χ4n) is 8.09. The Morgan fingerprint density at radius 3 is 1.57 bits per heavy atom. The number of ether oxygens (including phenoxy) is 5. The number of hydrogen-bond donors (Lipinski definition) is 6. The number of aryl methyl sites for hydroxylation is 6. The Hall–Kier alpha value is -4.10. The molecule has 61 heavy (non-hydrogen) atoms. The summed E-state index contributed by atoms with van der Waals surface area (Å²) >= 11 is 0. The van der Waals surface area contributed by atoms with Crippen molar-refractivity contribution in [3.8, 4) is 0 Å². The summed E-state index contributed by atoms with van der Waals surface area (Å²) in [6, 6.07) is 15.1. The Labute approximate surface area is 369 Å². The first kappa shape index (κ1) is 51.3. The Bertz CT molecular complexity index is 2080. The summed E-state index contributed by atoms with van der Waals surface area (Å²) in [5.41, 5.74) is 20.9. The number of nitrogens with zero attached hydrogens (tertiary/aromatic N) is 2. The zero-order valence-corrected chi connectivity index (χ0v) is 37.1. The fraction of sp³-hybridized carbons (Fsp3) is 0.455. The minimum absolute atomic E-state index is 0. The maximum Gasteiger partial charge on any atom is 0.292 e. The van der Waals surface area contributed by atoms with Gasteiger partial charge in [0.25, 0.3) is 24.3 Å². The summed E-state index contributed by atoms with van der Waals surface area (Å²) in [6.07, 6.45) is 0.113. The molecule has 0 bridgehead atoms. The lowest BCUT2D eigenvalue weighted by molar-refractivity contribution is -0.766. The van der Waals surface area contributed by atoms with Crippen LogP contribution in [0, 0.1) is 41.5 Å². The molecule has 7 rings (SSSR count). The Balaban J connectivity index is 0.000000260. The molecule has 8 N–H and O–H groups in total. The normalized spacial score (nSPS) is 25.4. The minimum Gasteiger partial charge on any atom is -1.00 e. The zero-order valence-electron chi connectivity index (χ0n) is 35.6. The van der Waals surface area contributed by atoms with Crippen molar-refractivity contribution in [3.05, 3.63) is 129 Å². The first-order valence-electron chi connectivity index (χ1n) is 19.5. The van der Waals surface area contributed by atoms with Gasteiger partial charge in [-0.05, 0) is 88.4 Å². The number of aromatic nitrogens is 2. The number of hydrogen-bond acceptors (Lipinski definition) is 11. The quantitative estimate of drug-likeness (QED) is 0.0902. The molecule has 3 fully saturated rings. The monoisotopic (exact) mass is 888 g/mol. The molecule has 3 aliphatic heterocycles. The summed E-state index contributed by atoms with van der Waals surface area (Å²) in [4.78, 5) is 22.6. The van der Waals surface area contributed by atoms with Gasteiger partial charge in [0.05, 0.1) is 19.3 Å². The van der Waals surface area contributed by atoms with Crippen LogP contribution in [0.3, 0.4) is 0 Å². The molecular formula is C44H58Cl2N4O11. The lowest BCUT2D eigenvalue weighted by Gasteiger charge is -2.20. The lowest BCUT2D eigenvalue weighted by Crippen LogP contribution is -3.00. The van der Waals surface area contributed by atoms with Crippen molar-refractivity contribution in [2.24, 2.45) is 11.5 Å². The number of aliphatic hydroxyl groups is 4. The van der Waals surface area contributed by atoms with Crippen LogP contribution < -0.4 is 45.4 Å². The first-order valence-corrected chi connectivity index (χ1v) is 19.5. The molecule has 15 nitrogen and oxygen atoms in total. The van der Waals surface area contributed by atoms with Gasteiger partial charge in [-0.2, -0.15) is 9.13 Å². The van der Waals surface area contributed by atoms with E-state index in [2.05, 4.69) is 58.9 Å². The third-order valence-corrected chi connectivity index (χ3v) is 10.8. The van der Waals surface area contributed by atoms with Crippen LogP contribution in [0.15, 0.2) is 73.3 Å². The highest BCUT2D eigenvalue weighted by atomic mass is 35.5. The Kier molecular flexibility index (Phi) is 18.7. The zero-order chi connectivity index (χ0) is 43.3. The van der Waals surface area contributed by atoms with Gasteiger partial charge in [-0.1, -0.05) is 35.4 Å². The summed E-state index contributed by atoms with van der Waals surface area (Å²) < 4.78 is 32.3. The molecule has 4 aromatic rings. The van der Waals surface area contributed by atoms with Gasteiger partial charge in [-0.3, -0.25) is 9.59 Å². The van der Waals surface area contributed by atoms with E-state index in [4.69, 9.17) is 40.3 Å². The second-order valence-electron chi connectivity index (χ2n) is 15.3. The van der Waals surface area contributed by atoms with Crippen molar-refractivity contribution in [2.75, 3.05) is 20.3 Å². The minimum atomic E-state index is -1.18. The van der Waals surface area contributed by atoms with Gasteiger partial charge in [-0.15, -0.1) is 0 Å². The number of rotatable bonds is 9. The van der Waals surface area contributed by atoms with Gasteiger partial charge >= 0.3 is 0 Å². The van der Waals surface area contributed by atoms with E-state index in [9.17, 15) is 24.9 Å². The third-order valence-electron chi connectivity index (χ3n) is 10.8. The van der Waals surface area contributed by atoms with E-state index in [1.54, 1.807) is 48.5 Å². The highest BCUT2D eigenvalue weighted by molar-refractivity contribution is 5.92. The fourth-order valence-corrected chi connectivity index (χ4v) is 8.09. The molecule has 3 aliphatic rings. The largest absolute Gasteiger partial charge is 1.00 e. The number of carbonyl (C=O) groups excluding carboxylic acids is 2. The average Bonchev–Trinajstić information content (AvgIpc) is 3.85. The molecule has 0 spiro atoms. The van der Waals surface area contributed by atoms with Crippen LogP contribution in [0.5, 0.6) is 0 Å². The molecule has 334 valence electrons. The summed E-state index contributed by atoms with van der Waals surface area (Å²) in [6.45, 7) is 14.1. The topological polar surface area (TPSA) is 221 Å². The van der Waals surface area contributed by atoms with Gasteiger partial charge in [0.2, 0.25) is 0 Å². The van der Waals surface area contributed by atoms with Crippen LogP contribution in [-0.4, -0.2) is 89.2 Å².